The van der Waals surface area contributed by atoms with Gasteiger partial charge >= 0.3 is 11.9 Å². The number of ether oxygens (including phenoxy) is 1. The van der Waals surface area contributed by atoms with Crippen LogP contribution in [0.15, 0.2) is 96.1 Å². The zero-order chi connectivity index (χ0) is 33.3. The first-order valence-corrected chi connectivity index (χ1v) is 14.6. The standard InChI is InChI=1S/C33H28ClN7O6/c1-47-32(45)16-22-7-9-23(10-8-22)26-18-28(37-40(33(26)46)19-31(43)44)27(15-21-5-3-2-4-6-21)36-30(42)14-11-24-17-25(34)12-13-29(24)41-20-35-38-39-41/h2-14,17-18,20,27H,15-16,19H2,1H3,(H,36,42)(H,43,44)/b14-11+/t27-/m0/s1. The molecular formula is C33H28ClN7O6. The van der Waals surface area contributed by atoms with E-state index in [1.165, 1.54) is 24.2 Å². The van der Waals surface area contributed by atoms with Crippen LogP contribution in [-0.4, -0.2) is 60.0 Å². The molecule has 0 saturated carbocycles. The molecule has 0 aliphatic heterocycles. The third-order valence-corrected chi connectivity index (χ3v) is 7.31. The van der Waals surface area contributed by atoms with Gasteiger partial charge in [0.15, 0.2) is 0 Å². The van der Waals surface area contributed by atoms with Gasteiger partial charge in [-0.3, -0.25) is 19.2 Å². The number of benzene rings is 3. The van der Waals surface area contributed by atoms with Crippen molar-refractivity contribution in [2.75, 3.05) is 7.11 Å². The number of hydrogen-bond acceptors (Lipinski definition) is 9. The summed E-state index contributed by atoms with van der Waals surface area (Å²) in [6.07, 6.45) is 4.64. The number of halogens is 1. The summed E-state index contributed by atoms with van der Waals surface area (Å²) >= 11 is 6.22. The molecule has 3 aromatic carbocycles. The molecule has 47 heavy (non-hydrogen) atoms. The SMILES string of the molecule is COC(=O)Cc1ccc(-c2cc([C@H](Cc3ccccc3)NC(=O)/C=C/c3cc(Cl)ccc3-n3cnnn3)nn(CC(=O)O)c2=O)cc1. The lowest BCUT2D eigenvalue weighted by molar-refractivity contribution is -0.140. The molecule has 13 nitrogen and oxygen atoms in total. The molecule has 2 N–H and O–H groups in total. The first-order chi connectivity index (χ1) is 22.7. The quantitative estimate of drug-likeness (QED) is 0.150. The van der Waals surface area contributed by atoms with Crippen LogP contribution in [0.5, 0.6) is 0 Å². The van der Waals surface area contributed by atoms with Gasteiger partial charge < -0.3 is 15.2 Å². The summed E-state index contributed by atoms with van der Waals surface area (Å²) in [6, 6.07) is 21.8. The summed E-state index contributed by atoms with van der Waals surface area (Å²) < 4.78 is 7.02. The molecule has 2 aromatic heterocycles. The molecule has 1 atom stereocenters. The van der Waals surface area contributed by atoms with Crippen LogP contribution in [0.4, 0.5) is 0 Å². The number of carbonyl (C=O) groups is 3. The highest BCUT2D eigenvalue weighted by molar-refractivity contribution is 6.30. The number of carboxylic acids is 1. The van der Waals surface area contributed by atoms with Crippen LogP contribution in [-0.2, 0) is 38.5 Å². The number of aliphatic carboxylic acids is 1. The maximum absolute atomic E-state index is 13.4. The van der Waals surface area contributed by atoms with Gasteiger partial charge in [0.1, 0.15) is 12.9 Å². The van der Waals surface area contributed by atoms with Crippen molar-refractivity contribution in [1.82, 2.24) is 35.3 Å². The molecule has 0 unspecified atom stereocenters. The molecule has 0 fully saturated rings. The molecule has 5 aromatic rings. The summed E-state index contributed by atoms with van der Waals surface area (Å²) in [7, 11) is 1.30. The lowest BCUT2D eigenvalue weighted by atomic mass is 9.99. The van der Waals surface area contributed by atoms with Crippen molar-refractivity contribution < 1.29 is 24.2 Å². The van der Waals surface area contributed by atoms with Crippen LogP contribution in [0.2, 0.25) is 5.02 Å². The van der Waals surface area contributed by atoms with Gasteiger partial charge in [-0.15, -0.1) is 5.10 Å². The highest BCUT2D eigenvalue weighted by Gasteiger charge is 2.21. The summed E-state index contributed by atoms with van der Waals surface area (Å²) in [5, 5.41) is 28.5. The fraction of sp³-hybridized carbons (Fsp3) is 0.152. The van der Waals surface area contributed by atoms with E-state index in [4.69, 9.17) is 16.3 Å². The molecule has 238 valence electrons. The van der Waals surface area contributed by atoms with E-state index in [9.17, 15) is 24.3 Å². The molecule has 1 amide bonds. The van der Waals surface area contributed by atoms with Crippen LogP contribution in [0.1, 0.15) is 28.4 Å². The molecule has 0 saturated heterocycles. The van der Waals surface area contributed by atoms with Crippen LogP contribution >= 0.6 is 11.6 Å². The Morgan fingerprint density at radius 3 is 2.47 bits per heavy atom. The second kappa shape index (κ2) is 14.9. The number of nitrogens with zero attached hydrogens (tertiary/aromatic N) is 6. The molecule has 5 rings (SSSR count). The number of rotatable bonds is 12. The van der Waals surface area contributed by atoms with Crippen molar-refractivity contribution in [1.29, 1.82) is 0 Å². The van der Waals surface area contributed by atoms with Crippen molar-refractivity contribution >= 4 is 35.5 Å². The smallest absolute Gasteiger partial charge is 0.325 e. The topological polar surface area (TPSA) is 171 Å². The predicted molar refractivity (Wildman–Crippen MR) is 172 cm³/mol. The highest BCUT2D eigenvalue weighted by atomic mass is 35.5. The first-order valence-electron chi connectivity index (χ1n) is 14.3. The Bertz CT molecular complexity index is 1980. The van der Waals surface area contributed by atoms with Crippen LogP contribution in [0.3, 0.4) is 0 Å². The van der Waals surface area contributed by atoms with E-state index in [0.717, 1.165) is 10.2 Å². The number of tetrazole rings is 1. The predicted octanol–water partition coefficient (Wildman–Crippen LogP) is 3.45. The Balaban J connectivity index is 1.51. The largest absolute Gasteiger partial charge is 0.480 e. The average molecular weight is 654 g/mol. The fourth-order valence-corrected chi connectivity index (χ4v) is 5.00. The molecule has 0 spiro atoms. The summed E-state index contributed by atoms with van der Waals surface area (Å²) in [5.41, 5.74) is 2.99. The number of nitrogens with one attached hydrogen (secondary N) is 1. The normalized spacial score (nSPS) is 11.7. The van der Waals surface area contributed by atoms with Gasteiger partial charge in [0.05, 0.1) is 36.5 Å². The van der Waals surface area contributed by atoms with Gasteiger partial charge in [-0.05, 0) is 63.9 Å². The van der Waals surface area contributed by atoms with Gasteiger partial charge in [-0.2, -0.15) is 9.78 Å². The minimum atomic E-state index is -1.26. The van der Waals surface area contributed by atoms with Crippen LogP contribution in [0.25, 0.3) is 22.9 Å². The van der Waals surface area contributed by atoms with E-state index in [1.54, 1.807) is 54.6 Å². The Morgan fingerprint density at radius 1 is 1.02 bits per heavy atom. The van der Waals surface area contributed by atoms with E-state index >= 15 is 0 Å². The number of carbonyl (C=O) groups excluding carboxylic acids is 2. The number of methoxy groups -OCH3 is 1. The number of amides is 1. The van der Waals surface area contributed by atoms with Gasteiger partial charge in [-0.25, -0.2) is 4.68 Å². The third kappa shape index (κ3) is 8.41. The average Bonchev–Trinajstić information content (AvgIpc) is 3.60. The van der Waals surface area contributed by atoms with Gasteiger partial charge in [-0.1, -0.05) is 66.2 Å². The number of hydrogen-bond donors (Lipinski definition) is 2. The van der Waals surface area contributed by atoms with Crippen molar-refractivity contribution in [2.24, 2.45) is 0 Å². The highest BCUT2D eigenvalue weighted by Crippen LogP contribution is 2.24. The molecule has 14 heteroatoms. The molecule has 0 aliphatic carbocycles. The number of esters is 1. The minimum Gasteiger partial charge on any atom is -0.480 e. The van der Waals surface area contributed by atoms with Gasteiger partial charge in [0, 0.05) is 16.7 Å². The Morgan fingerprint density at radius 2 is 1.79 bits per heavy atom. The second-order valence-electron chi connectivity index (χ2n) is 10.3. The Kier molecular flexibility index (Phi) is 10.3. The molecule has 0 aliphatic rings. The zero-order valence-corrected chi connectivity index (χ0v) is 25.7. The third-order valence-electron chi connectivity index (χ3n) is 7.08. The molecule has 2 heterocycles. The summed E-state index contributed by atoms with van der Waals surface area (Å²) in [6.45, 7) is -0.694. The maximum atomic E-state index is 13.4. The van der Waals surface area contributed by atoms with Crippen molar-refractivity contribution in [3.63, 3.8) is 0 Å². The zero-order valence-electron chi connectivity index (χ0n) is 25.0. The van der Waals surface area contributed by atoms with E-state index in [0.29, 0.717) is 27.4 Å². The fourth-order valence-electron chi connectivity index (χ4n) is 4.82. The van der Waals surface area contributed by atoms with E-state index in [1.807, 2.05) is 30.3 Å². The van der Waals surface area contributed by atoms with E-state index in [2.05, 4.69) is 25.9 Å². The maximum Gasteiger partial charge on any atom is 0.325 e. The van der Waals surface area contributed by atoms with Crippen molar-refractivity contribution in [3.05, 3.63) is 129 Å². The Hall–Kier alpha value is -5.95. The lowest BCUT2D eigenvalue weighted by Gasteiger charge is -2.20. The summed E-state index contributed by atoms with van der Waals surface area (Å²) in [5.74, 6) is -2.16. The number of aromatic nitrogens is 6. The first kappa shape index (κ1) is 32.4. The van der Waals surface area contributed by atoms with Crippen molar-refractivity contribution in [3.8, 4) is 16.8 Å². The van der Waals surface area contributed by atoms with Gasteiger partial charge in [0.2, 0.25) is 5.91 Å². The van der Waals surface area contributed by atoms with Gasteiger partial charge in [0.25, 0.3) is 5.56 Å². The van der Waals surface area contributed by atoms with E-state index in [-0.39, 0.29) is 24.1 Å². The Labute approximate surface area is 273 Å². The van der Waals surface area contributed by atoms with Crippen molar-refractivity contribution in [2.45, 2.75) is 25.4 Å². The monoisotopic (exact) mass is 653 g/mol. The summed E-state index contributed by atoms with van der Waals surface area (Å²) in [4.78, 5) is 50.2. The van der Waals surface area contributed by atoms with Crippen LogP contribution < -0.4 is 10.9 Å². The molecular weight excluding hydrogens is 626 g/mol. The second-order valence-corrected chi connectivity index (χ2v) is 10.8. The number of carboxylic acid groups (broad SMARTS) is 1. The molecule has 0 bridgehead atoms. The van der Waals surface area contributed by atoms with Crippen LogP contribution in [0, 0.1) is 0 Å². The lowest BCUT2D eigenvalue weighted by Crippen LogP contribution is -2.34. The molecule has 0 radical (unpaired) electrons. The minimum absolute atomic E-state index is 0.0483. The van der Waals surface area contributed by atoms with E-state index < -0.39 is 36.0 Å².